The summed E-state index contributed by atoms with van der Waals surface area (Å²) in [7, 11) is 0. The molecule has 0 unspecified atom stereocenters. The maximum absolute atomic E-state index is 11.7. The molecule has 200 valence electrons. The molecule has 0 amide bonds. The van der Waals surface area contributed by atoms with Gasteiger partial charge in [0.25, 0.3) is 0 Å². The van der Waals surface area contributed by atoms with Gasteiger partial charge in [-0.25, -0.2) is 4.79 Å². The molecule has 3 rings (SSSR count). The Labute approximate surface area is 216 Å². The van der Waals surface area contributed by atoms with Gasteiger partial charge in [0.1, 0.15) is 11.7 Å². The topological polar surface area (TPSA) is 96.2 Å². The summed E-state index contributed by atoms with van der Waals surface area (Å²) in [6, 6.07) is 0. The Morgan fingerprint density at radius 1 is 1.28 bits per heavy atom. The van der Waals surface area contributed by atoms with E-state index in [-0.39, 0.29) is 12.0 Å². The number of aliphatic hydroxyl groups is 3. The van der Waals surface area contributed by atoms with Crippen LogP contribution in [0.15, 0.2) is 59.8 Å². The predicted octanol–water partition coefficient (Wildman–Crippen LogP) is 5.55. The molecular weight excluding hydrogens is 456 g/mol. The van der Waals surface area contributed by atoms with E-state index in [1.807, 2.05) is 6.08 Å². The number of carbonyl (C=O) groups excluding carboxylic acids is 1. The summed E-state index contributed by atoms with van der Waals surface area (Å²) in [5.41, 5.74) is 3.01. The lowest BCUT2D eigenvalue weighted by Gasteiger charge is -2.42. The van der Waals surface area contributed by atoms with E-state index in [2.05, 4.69) is 32.2 Å². The van der Waals surface area contributed by atoms with Gasteiger partial charge in [0, 0.05) is 6.42 Å². The zero-order valence-corrected chi connectivity index (χ0v) is 22.3. The van der Waals surface area contributed by atoms with Crippen molar-refractivity contribution in [3.8, 4) is 0 Å². The average Bonchev–Trinajstić information content (AvgIpc) is 3.16. The normalized spacial score (nSPS) is 34.1. The van der Waals surface area contributed by atoms with Crippen LogP contribution in [-0.4, -0.2) is 52.0 Å². The van der Waals surface area contributed by atoms with Crippen molar-refractivity contribution in [3.05, 3.63) is 59.8 Å². The van der Waals surface area contributed by atoms with Gasteiger partial charge in [0.15, 0.2) is 0 Å². The summed E-state index contributed by atoms with van der Waals surface area (Å²) in [5.74, 6) is 0.739. The Hall–Kier alpha value is -2.15. The van der Waals surface area contributed by atoms with Crippen molar-refractivity contribution >= 4 is 6.16 Å². The van der Waals surface area contributed by atoms with Crippen LogP contribution in [0.25, 0.3) is 0 Å². The molecule has 0 saturated heterocycles. The van der Waals surface area contributed by atoms with E-state index in [1.165, 1.54) is 5.57 Å². The zero-order chi connectivity index (χ0) is 26.7. The highest BCUT2D eigenvalue weighted by Gasteiger charge is 2.49. The fourth-order valence-corrected chi connectivity index (χ4v) is 6.30. The van der Waals surface area contributed by atoms with Crippen LogP contribution in [0.3, 0.4) is 0 Å². The summed E-state index contributed by atoms with van der Waals surface area (Å²) in [6.45, 7) is 16.0. The number of aliphatic hydroxyl groups excluding tert-OH is 3. The summed E-state index contributed by atoms with van der Waals surface area (Å²) >= 11 is 0. The number of hydrogen-bond donors (Lipinski definition) is 3. The maximum Gasteiger partial charge on any atom is 0.508 e. The standard InChI is InChI=1S/C30H44O6/c1-7-35-28(34)36-29(4,5)27(33)15-10-19(2)24-13-14-25-21(9-8-16-30(24,25)6)11-12-22-17-23(31)18-26(32)20(22)3/h10-12,15,23-27,31-33H,2-3,7-9,13-14,16-18H2,1,4-6H3/b15-10+,21-11+,22-12-/t23-,24-,25+,26+,27-,30-/m1/s1. The van der Waals surface area contributed by atoms with Gasteiger partial charge in [-0.1, -0.05) is 55.5 Å². The molecule has 0 spiro atoms. The van der Waals surface area contributed by atoms with Crippen LogP contribution in [0.2, 0.25) is 0 Å². The molecule has 0 aromatic heterocycles. The number of fused-ring (bicyclic) bond motifs is 1. The predicted molar refractivity (Wildman–Crippen MR) is 141 cm³/mol. The second kappa shape index (κ2) is 11.5. The molecule has 6 heteroatoms. The second-order valence-electron chi connectivity index (χ2n) is 11.4. The molecule has 3 aliphatic rings. The molecule has 0 aromatic carbocycles. The Kier molecular flexibility index (Phi) is 9.07. The van der Waals surface area contributed by atoms with Crippen LogP contribution in [0, 0.1) is 17.3 Å². The first-order valence-corrected chi connectivity index (χ1v) is 13.2. The lowest BCUT2D eigenvalue weighted by Crippen LogP contribution is -2.40. The Bertz CT molecular complexity index is 941. The number of ether oxygens (including phenoxy) is 2. The minimum Gasteiger partial charge on any atom is -0.435 e. The van der Waals surface area contributed by atoms with Gasteiger partial charge in [-0.05, 0) is 87.7 Å². The van der Waals surface area contributed by atoms with Crippen LogP contribution in [0.4, 0.5) is 4.79 Å². The highest BCUT2D eigenvalue weighted by atomic mass is 16.7. The lowest BCUT2D eigenvalue weighted by atomic mass is 9.62. The monoisotopic (exact) mass is 500 g/mol. The smallest absolute Gasteiger partial charge is 0.435 e. The number of hydrogen-bond acceptors (Lipinski definition) is 6. The van der Waals surface area contributed by atoms with Gasteiger partial charge in [-0.2, -0.15) is 0 Å². The fourth-order valence-electron chi connectivity index (χ4n) is 6.30. The SMILES string of the molecule is C=C(/C=C/[C@@H](O)C(C)(C)OC(=O)OCC)[C@H]1CC[C@H]2/C(=C/C=C3/C[C@@H](O)C[C@H](O)C3=C)CCC[C@]12C. The van der Waals surface area contributed by atoms with E-state index < -0.39 is 30.1 Å². The molecule has 0 heterocycles. The van der Waals surface area contributed by atoms with Gasteiger partial charge in [0.2, 0.25) is 0 Å². The molecule has 0 bridgehead atoms. The number of carbonyl (C=O) groups is 1. The molecule has 3 fully saturated rings. The van der Waals surface area contributed by atoms with Crippen molar-refractivity contribution in [2.24, 2.45) is 17.3 Å². The van der Waals surface area contributed by atoms with E-state index in [9.17, 15) is 20.1 Å². The zero-order valence-electron chi connectivity index (χ0n) is 22.3. The van der Waals surface area contributed by atoms with Crippen LogP contribution < -0.4 is 0 Å². The fraction of sp³-hybridized carbons (Fsp3) is 0.633. The van der Waals surface area contributed by atoms with Crippen LogP contribution in [-0.2, 0) is 9.47 Å². The number of rotatable bonds is 7. The van der Waals surface area contributed by atoms with Crippen molar-refractivity contribution in [1.29, 1.82) is 0 Å². The molecule has 3 N–H and O–H groups in total. The lowest BCUT2D eigenvalue weighted by molar-refractivity contribution is -0.0656. The van der Waals surface area contributed by atoms with Crippen molar-refractivity contribution in [3.63, 3.8) is 0 Å². The third-order valence-corrected chi connectivity index (χ3v) is 8.49. The van der Waals surface area contributed by atoms with Crippen LogP contribution in [0.1, 0.15) is 72.6 Å². The van der Waals surface area contributed by atoms with Gasteiger partial charge in [0.05, 0.1) is 18.8 Å². The minimum absolute atomic E-state index is 0.0779. The Balaban J connectivity index is 1.71. The quantitative estimate of drug-likeness (QED) is 0.313. The van der Waals surface area contributed by atoms with E-state index in [1.54, 1.807) is 26.8 Å². The molecule has 3 saturated carbocycles. The van der Waals surface area contributed by atoms with Crippen molar-refractivity contribution in [2.75, 3.05) is 6.61 Å². The summed E-state index contributed by atoms with van der Waals surface area (Å²) in [5, 5.41) is 30.9. The third kappa shape index (κ3) is 6.21. The minimum atomic E-state index is -1.12. The van der Waals surface area contributed by atoms with Gasteiger partial charge < -0.3 is 24.8 Å². The third-order valence-electron chi connectivity index (χ3n) is 8.49. The van der Waals surface area contributed by atoms with E-state index in [4.69, 9.17) is 9.47 Å². The first-order chi connectivity index (χ1) is 16.9. The molecule has 6 atom stereocenters. The van der Waals surface area contributed by atoms with Gasteiger partial charge in [-0.15, -0.1) is 0 Å². The molecule has 3 aliphatic carbocycles. The molecule has 36 heavy (non-hydrogen) atoms. The Morgan fingerprint density at radius 2 is 2.00 bits per heavy atom. The van der Waals surface area contributed by atoms with Crippen molar-refractivity contribution < 1.29 is 29.6 Å². The Morgan fingerprint density at radius 3 is 2.69 bits per heavy atom. The summed E-state index contributed by atoms with van der Waals surface area (Å²) < 4.78 is 10.1. The first kappa shape index (κ1) is 28.4. The maximum atomic E-state index is 11.7. The second-order valence-corrected chi connectivity index (χ2v) is 11.4. The van der Waals surface area contributed by atoms with Crippen LogP contribution in [0.5, 0.6) is 0 Å². The van der Waals surface area contributed by atoms with E-state index in [0.717, 1.165) is 43.3 Å². The highest BCUT2D eigenvalue weighted by Crippen LogP contribution is 2.59. The van der Waals surface area contributed by atoms with Crippen molar-refractivity contribution in [1.82, 2.24) is 0 Å². The van der Waals surface area contributed by atoms with Gasteiger partial charge >= 0.3 is 6.16 Å². The molecule has 6 nitrogen and oxygen atoms in total. The molecule has 0 aliphatic heterocycles. The molecule has 0 radical (unpaired) electrons. The molecular formula is C30H44O6. The molecule has 0 aromatic rings. The number of allylic oxidation sites excluding steroid dienone is 5. The largest absolute Gasteiger partial charge is 0.508 e. The van der Waals surface area contributed by atoms with Gasteiger partial charge in [-0.3, -0.25) is 0 Å². The summed E-state index contributed by atoms with van der Waals surface area (Å²) in [4.78, 5) is 11.7. The van der Waals surface area contributed by atoms with E-state index >= 15 is 0 Å². The average molecular weight is 501 g/mol. The van der Waals surface area contributed by atoms with E-state index in [0.29, 0.717) is 30.3 Å². The summed E-state index contributed by atoms with van der Waals surface area (Å²) in [6.07, 6.45) is 11.1. The van der Waals surface area contributed by atoms with Crippen molar-refractivity contribution in [2.45, 2.75) is 96.6 Å². The highest BCUT2D eigenvalue weighted by molar-refractivity contribution is 5.60. The van der Waals surface area contributed by atoms with Crippen LogP contribution >= 0.6 is 0 Å². The first-order valence-electron chi connectivity index (χ1n) is 13.2.